The maximum Gasteiger partial charge on any atom is 0.252 e. The molecular formula is C10H13F3N2O2S. The van der Waals surface area contributed by atoms with E-state index in [9.17, 15) is 21.6 Å². The Morgan fingerprint density at radius 1 is 1.39 bits per heavy atom. The molecule has 102 valence electrons. The van der Waals surface area contributed by atoms with Crippen molar-refractivity contribution in [2.75, 3.05) is 13.6 Å². The number of halogens is 3. The average molecular weight is 282 g/mol. The maximum atomic E-state index is 13.6. The van der Waals surface area contributed by atoms with Crippen LogP contribution >= 0.6 is 0 Å². The van der Waals surface area contributed by atoms with E-state index in [4.69, 9.17) is 5.73 Å². The number of nitrogens with zero attached hydrogens (tertiary/aromatic N) is 1. The van der Waals surface area contributed by atoms with Gasteiger partial charge in [-0.05, 0) is 17.7 Å². The molecule has 0 saturated heterocycles. The summed E-state index contributed by atoms with van der Waals surface area (Å²) in [5, 5.41) is 0. The first-order chi connectivity index (χ1) is 8.28. The van der Waals surface area contributed by atoms with Crippen LogP contribution in [0.1, 0.15) is 5.56 Å². The molecule has 1 aromatic carbocycles. The number of rotatable bonds is 5. The minimum absolute atomic E-state index is 0.0596. The number of hydrogen-bond acceptors (Lipinski definition) is 3. The van der Waals surface area contributed by atoms with Gasteiger partial charge in [0, 0.05) is 13.6 Å². The van der Waals surface area contributed by atoms with E-state index in [2.05, 4.69) is 0 Å². The Hall–Kier alpha value is -1.12. The summed E-state index contributed by atoms with van der Waals surface area (Å²) >= 11 is 0. The summed E-state index contributed by atoms with van der Waals surface area (Å²) in [6, 6.07) is 3.34. The fraction of sp³-hybridized carbons (Fsp3) is 0.400. The molecular weight excluding hydrogens is 269 g/mol. The smallest absolute Gasteiger partial charge is 0.252 e. The first-order valence-corrected chi connectivity index (χ1v) is 6.46. The van der Waals surface area contributed by atoms with E-state index in [0.29, 0.717) is 9.87 Å². The summed E-state index contributed by atoms with van der Waals surface area (Å²) in [5.41, 5.74) is 5.70. The second-order valence-electron chi connectivity index (χ2n) is 3.65. The van der Waals surface area contributed by atoms with E-state index < -0.39 is 33.7 Å². The molecule has 0 heterocycles. The normalized spacial score (nSPS) is 12.4. The summed E-state index contributed by atoms with van der Waals surface area (Å²) in [5.74, 6) is -1.00. The van der Waals surface area contributed by atoms with Crippen molar-refractivity contribution in [1.29, 1.82) is 0 Å². The van der Waals surface area contributed by atoms with Gasteiger partial charge in [-0.15, -0.1) is 0 Å². The van der Waals surface area contributed by atoms with Gasteiger partial charge in [0.05, 0.1) is 6.54 Å². The lowest BCUT2D eigenvalue weighted by molar-refractivity contribution is 0.126. The fourth-order valence-electron chi connectivity index (χ4n) is 1.34. The maximum absolute atomic E-state index is 13.6. The first kappa shape index (κ1) is 14.9. The Labute approximate surface area is 103 Å². The van der Waals surface area contributed by atoms with Crippen molar-refractivity contribution in [2.24, 2.45) is 5.73 Å². The number of nitrogens with two attached hydrogens (primary N) is 1. The van der Waals surface area contributed by atoms with E-state index in [-0.39, 0.29) is 6.54 Å². The second-order valence-corrected chi connectivity index (χ2v) is 5.66. The molecule has 0 radical (unpaired) electrons. The quantitative estimate of drug-likeness (QED) is 0.881. The van der Waals surface area contributed by atoms with E-state index >= 15 is 0 Å². The van der Waals surface area contributed by atoms with Crippen molar-refractivity contribution < 1.29 is 21.6 Å². The molecule has 18 heavy (non-hydrogen) atoms. The molecule has 0 amide bonds. The molecule has 0 aliphatic carbocycles. The van der Waals surface area contributed by atoms with E-state index in [0.717, 1.165) is 19.2 Å². The number of hydrogen-bond donors (Lipinski definition) is 1. The molecule has 1 rings (SSSR count). The van der Waals surface area contributed by atoms with Crippen LogP contribution in [-0.4, -0.2) is 32.7 Å². The largest absolute Gasteiger partial charge is 0.326 e. The van der Waals surface area contributed by atoms with Gasteiger partial charge in [-0.1, -0.05) is 6.07 Å². The fourth-order valence-corrected chi connectivity index (χ4v) is 2.53. The SMILES string of the molecule is CN(CC(F)F)S(=O)(=O)c1ccc(CN)cc1F. The highest BCUT2D eigenvalue weighted by Gasteiger charge is 2.26. The summed E-state index contributed by atoms with van der Waals surface area (Å²) in [6.07, 6.45) is -2.82. The highest BCUT2D eigenvalue weighted by Crippen LogP contribution is 2.20. The third-order valence-corrected chi connectivity index (χ3v) is 4.17. The number of alkyl halides is 2. The molecule has 2 N–H and O–H groups in total. The summed E-state index contributed by atoms with van der Waals surface area (Å²) < 4.78 is 61.9. The third kappa shape index (κ3) is 3.21. The van der Waals surface area contributed by atoms with Gasteiger partial charge in [-0.25, -0.2) is 21.6 Å². The van der Waals surface area contributed by atoms with E-state index in [1.807, 2.05) is 0 Å². The van der Waals surface area contributed by atoms with Gasteiger partial charge in [-0.2, -0.15) is 4.31 Å². The molecule has 0 aliphatic rings. The zero-order chi connectivity index (χ0) is 13.9. The van der Waals surface area contributed by atoms with Crippen molar-refractivity contribution in [3.63, 3.8) is 0 Å². The van der Waals surface area contributed by atoms with E-state index in [1.165, 1.54) is 6.07 Å². The van der Waals surface area contributed by atoms with Gasteiger partial charge in [0.2, 0.25) is 10.0 Å². The van der Waals surface area contributed by atoms with Crippen molar-refractivity contribution in [1.82, 2.24) is 4.31 Å². The highest BCUT2D eigenvalue weighted by molar-refractivity contribution is 7.89. The van der Waals surface area contributed by atoms with Crippen molar-refractivity contribution >= 4 is 10.0 Å². The minimum atomic E-state index is -4.25. The Balaban J connectivity index is 3.12. The van der Waals surface area contributed by atoms with Crippen molar-refractivity contribution in [3.05, 3.63) is 29.6 Å². The van der Waals surface area contributed by atoms with Crippen molar-refractivity contribution in [3.8, 4) is 0 Å². The van der Waals surface area contributed by atoms with Gasteiger partial charge >= 0.3 is 0 Å². The Kier molecular flexibility index (Phi) is 4.71. The molecule has 8 heteroatoms. The Bertz CT molecular complexity index is 520. The predicted octanol–water partition coefficient (Wildman–Crippen LogP) is 1.17. The van der Waals surface area contributed by atoms with Crippen LogP contribution in [-0.2, 0) is 16.6 Å². The second kappa shape index (κ2) is 5.68. The molecule has 1 aromatic rings. The average Bonchev–Trinajstić information content (AvgIpc) is 2.27. The molecule has 0 aliphatic heterocycles. The van der Waals surface area contributed by atoms with Crippen LogP contribution < -0.4 is 5.73 Å². The van der Waals surface area contributed by atoms with Gasteiger partial charge in [0.25, 0.3) is 6.43 Å². The highest BCUT2D eigenvalue weighted by atomic mass is 32.2. The summed E-state index contributed by atoms with van der Waals surface area (Å²) in [7, 11) is -3.28. The van der Waals surface area contributed by atoms with Crippen LogP contribution in [0.3, 0.4) is 0 Å². The minimum Gasteiger partial charge on any atom is -0.326 e. The molecule has 0 spiro atoms. The zero-order valence-electron chi connectivity index (χ0n) is 9.61. The summed E-state index contributed by atoms with van der Waals surface area (Å²) in [6.45, 7) is -0.926. The lowest BCUT2D eigenvalue weighted by Gasteiger charge is -2.17. The molecule has 0 bridgehead atoms. The number of benzene rings is 1. The van der Waals surface area contributed by atoms with Gasteiger partial charge in [-0.3, -0.25) is 0 Å². The third-order valence-electron chi connectivity index (χ3n) is 2.32. The Morgan fingerprint density at radius 3 is 2.44 bits per heavy atom. The molecule has 0 fully saturated rings. The Morgan fingerprint density at radius 2 is 2.00 bits per heavy atom. The zero-order valence-corrected chi connectivity index (χ0v) is 10.4. The molecule has 0 saturated carbocycles. The molecule has 0 aromatic heterocycles. The predicted molar refractivity (Wildman–Crippen MR) is 60.1 cm³/mol. The van der Waals surface area contributed by atoms with Crippen LogP contribution in [0.4, 0.5) is 13.2 Å². The van der Waals surface area contributed by atoms with Gasteiger partial charge in [0.1, 0.15) is 10.7 Å². The lowest BCUT2D eigenvalue weighted by Crippen LogP contribution is -2.32. The van der Waals surface area contributed by atoms with Gasteiger partial charge < -0.3 is 5.73 Å². The van der Waals surface area contributed by atoms with Crippen LogP contribution in [0, 0.1) is 5.82 Å². The lowest BCUT2D eigenvalue weighted by atomic mass is 10.2. The molecule has 0 atom stereocenters. The van der Waals surface area contributed by atoms with Crippen LogP contribution in [0.15, 0.2) is 23.1 Å². The standard InChI is InChI=1S/C10H13F3N2O2S/c1-15(6-10(12)13)18(16,17)9-3-2-7(5-14)4-8(9)11/h2-4,10H,5-6,14H2,1H3. The van der Waals surface area contributed by atoms with Gasteiger partial charge in [0.15, 0.2) is 0 Å². The van der Waals surface area contributed by atoms with Crippen LogP contribution in [0.5, 0.6) is 0 Å². The monoisotopic (exact) mass is 282 g/mol. The number of sulfonamides is 1. The first-order valence-electron chi connectivity index (χ1n) is 5.02. The van der Waals surface area contributed by atoms with Crippen molar-refractivity contribution in [2.45, 2.75) is 17.9 Å². The van der Waals surface area contributed by atoms with Crippen LogP contribution in [0.25, 0.3) is 0 Å². The van der Waals surface area contributed by atoms with E-state index in [1.54, 1.807) is 0 Å². The van der Waals surface area contributed by atoms with Crippen LogP contribution in [0.2, 0.25) is 0 Å². The molecule has 0 unspecified atom stereocenters. The molecule has 4 nitrogen and oxygen atoms in total. The topological polar surface area (TPSA) is 63.4 Å². The summed E-state index contributed by atoms with van der Waals surface area (Å²) in [4.78, 5) is -0.636.